The van der Waals surface area contributed by atoms with E-state index in [2.05, 4.69) is 49.5 Å². The lowest BCUT2D eigenvalue weighted by atomic mass is 10.1. The maximum absolute atomic E-state index is 4.60. The first-order valence-electron chi connectivity index (χ1n) is 7.48. The molecule has 0 saturated carbocycles. The predicted octanol–water partition coefficient (Wildman–Crippen LogP) is 3.36. The second-order valence-corrected chi connectivity index (χ2v) is 5.72. The van der Waals surface area contributed by atoms with E-state index in [9.17, 15) is 0 Å². The normalized spacial score (nSPS) is 11.2. The maximum Gasteiger partial charge on any atom is 0.0645 e. The van der Waals surface area contributed by atoms with Gasteiger partial charge in [0.25, 0.3) is 0 Å². The van der Waals surface area contributed by atoms with Crippen molar-refractivity contribution in [3.05, 3.63) is 47.8 Å². The minimum Gasteiger partial charge on any atom is -0.316 e. The van der Waals surface area contributed by atoms with Gasteiger partial charge < -0.3 is 5.32 Å². The van der Waals surface area contributed by atoms with E-state index >= 15 is 0 Å². The minimum atomic E-state index is 0.720. The molecule has 0 fully saturated rings. The number of benzene rings is 1. The number of nitrogens with one attached hydrogen (secondary N) is 1. The fourth-order valence-electron chi connectivity index (χ4n) is 2.25. The molecular weight excluding hydrogens is 246 g/mol. The third kappa shape index (κ3) is 4.20. The van der Waals surface area contributed by atoms with Crippen LogP contribution in [0, 0.1) is 12.8 Å². The third-order valence-corrected chi connectivity index (χ3v) is 3.37. The molecule has 0 bridgehead atoms. The molecule has 108 valence electrons. The molecule has 0 aliphatic rings. The second-order valence-electron chi connectivity index (χ2n) is 5.72. The molecular formula is C17H25N3. The van der Waals surface area contributed by atoms with Crippen molar-refractivity contribution in [3.63, 3.8) is 0 Å². The van der Waals surface area contributed by atoms with Crippen LogP contribution in [0.3, 0.4) is 0 Å². The van der Waals surface area contributed by atoms with Gasteiger partial charge in [-0.05, 0) is 56.5 Å². The summed E-state index contributed by atoms with van der Waals surface area (Å²) in [5.74, 6) is 0.720. The van der Waals surface area contributed by atoms with Gasteiger partial charge in [0, 0.05) is 6.20 Å². The van der Waals surface area contributed by atoms with Gasteiger partial charge in [0.05, 0.1) is 11.4 Å². The topological polar surface area (TPSA) is 29.9 Å². The van der Waals surface area contributed by atoms with E-state index in [0.29, 0.717) is 0 Å². The lowest BCUT2D eigenvalue weighted by molar-refractivity contribution is 0.543. The van der Waals surface area contributed by atoms with Crippen LogP contribution in [-0.4, -0.2) is 22.9 Å². The monoisotopic (exact) mass is 271 g/mol. The first kappa shape index (κ1) is 14.8. The SMILES string of the molecule is Cc1nn(-c2ccccc2)cc1CCCNCC(C)C. The molecule has 1 aromatic heterocycles. The van der Waals surface area contributed by atoms with Crippen LogP contribution in [0.1, 0.15) is 31.5 Å². The maximum atomic E-state index is 4.60. The Morgan fingerprint density at radius 2 is 1.95 bits per heavy atom. The van der Waals surface area contributed by atoms with Gasteiger partial charge in [0.2, 0.25) is 0 Å². The van der Waals surface area contributed by atoms with Crippen LogP contribution in [0.5, 0.6) is 0 Å². The van der Waals surface area contributed by atoms with Gasteiger partial charge in [0.15, 0.2) is 0 Å². The highest BCUT2D eigenvalue weighted by molar-refractivity contribution is 5.32. The standard InChI is InChI=1S/C17H25N3/c1-14(2)12-18-11-7-8-16-13-20(19-15(16)3)17-9-5-4-6-10-17/h4-6,9-10,13-14,18H,7-8,11-12H2,1-3H3. The van der Waals surface area contributed by atoms with Crippen molar-refractivity contribution < 1.29 is 0 Å². The Hall–Kier alpha value is -1.61. The van der Waals surface area contributed by atoms with Crippen molar-refractivity contribution in [2.45, 2.75) is 33.6 Å². The summed E-state index contributed by atoms with van der Waals surface area (Å²) in [6, 6.07) is 10.3. The molecule has 0 radical (unpaired) electrons. The molecule has 0 spiro atoms. The number of hydrogen-bond acceptors (Lipinski definition) is 2. The molecule has 0 atom stereocenters. The molecule has 2 rings (SSSR count). The Kier molecular flexibility index (Phi) is 5.36. The molecule has 2 aromatic rings. The molecule has 20 heavy (non-hydrogen) atoms. The van der Waals surface area contributed by atoms with Gasteiger partial charge in [-0.3, -0.25) is 0 Å². The van der Waals surface area contributed by atoms with Crippen LogP contribution in [-0.2, 0) is 6.42 Å². The smallest absolute Gasteiger partial charge is 0.0645 e. The lowest BCUT2D eigenvalue weighted by Gasteiger charge is -2.06. The lowest BCUT2D eigenvalue weighted by Crippen LogP contribution is -2.21. The molecule has 0 unspecified atom stereocenters. The third-order valence-electron chi connectivity index (χ3n) is 3.37. The summed E-state index contributed by atoms with van der Waals surface area (Å²) in [6.07, 6.45) is 4.41. The van der Waals surface area contributed by atoms with Gasteiger partial charge in [0.1, 0.15) is 0 Å². The van der Waals surface area contributed by atoms with E-state index in [1.807, 2.05) is 22.9 Å². The molecule has 0 saturated heterocycles. The van der Waals surface area contributed by atoms with Crippen LogP contribution in [0.15, 0.2) is 36.5 Å². The van der Waals surface area contributed by atoms with Crippen LogP contribution < -0.4 is 5.32 Å². The summed E-state index contributed by atoms with van der Waals surface area (Å²) in [5.41, 5.74) is 3.61. The zero-order valence-electron chi connectivity index (χ0n) is 12.8. The summed E-state index contributed by atoms with van der Waals surface area (Å²) in [4.78, 5) is 0. The number of aromatic nitrogens is 2. The Labute approximate surface area is 122 Å². The van der Waals surface area contributed by atoms with Crippen molar-refractivity contribution in [1.29, 1.82) is 0 Å². The number of aryl methyl sites for hydroxylation is 2. The van der Waals surface area contributed by atoms with E-state index in [1.165, 1.54) is 5.56 Å². The summed E-state index contributed by atoms with van der Waals surface area (Å²) in [6.45, 7) is 8.74. The van der Waals surface area contributed by atoms with E-state index < -0.39 is 0 Å². The molecule has 3 nitrogen and oxygen atoms in total. The largest absolute Gasteiger partial charge is 0.316 e. The van der Waals surface area contributed by atoms with E-state index in [0.717, 1.165) is 43.2 Å². The fourth-order valence-corrected chi connectivity index (χ4v) is 2.25. The Balaban J connectivity index is 1.88. The fraction of sp³-hybridized carbons (Fsp3) is 0.471. The quantitative estimate of drug-likeness (QED) is 0.783. The van der Waals surface area contributed by atoms with Crippen molar-refractivity contribution in [2.24, 2.45) is 5.92 Å². The predicted molar refractivity (Wildman–Crippen MR) is 84.3 cm³/mol. The summed E-state index contributed by atoms with van der Waals surface area (Å²) in [7, 11) is 0. The Morgan fingerprint density at radius 1 is 1.20 bits per heavy atom. The number of nitrogens with zero attached hydrogens (tertiary/aromatic N) is 2. The minimum absolute atomic E-state index is 0.720. The van der Waals surface area contributed by atoms with Gasteiger partial charge in [-0.2, -0.15) is 5.10 Å². The average molecular weight is 271 g/mol. The zero-order valence-corrected chi connectivity index (χ0v) is 12.8. The zero-order chi connectivity index (χ0) is 14.4. The highest BCUT2D eigenvalue weighted by Gasteiger charge is 2.05. The molecule has 0 aliphatic carbocycles. The van der Waals surface area contributed by atoms with Gasteiger partial charge >= 0.3 is 0 Å². The second kappa shape index (κ2) is 7.25. The number of hydrogen-bond donors (Lipinski definition) is 1. The molecule has 0 aliphatic heterocycles. The first-order chi connectivity index (χ1) is 9.66. The van der Waals surface area contributed by atoms with Gasteiger partial charge in [-0.25, -0.2) is 4.68 Å². The van der Waals surface area contributed by atoms with Gasteiger partial charge in [-0.15, -0.1) is 0 Å². The Bertz CT molecular complexity index is 514. The summed E-state index contributed by atoms with van der Waals surface area (Å²) >= 11 is 0. The van der Waals surface area contributed by atoms with Crippen molar-refractivity contribution in [2.75, 3.05) is 13.1 Å². The van der Waals surface area contributed by atoms with Crippen LogP contribution in [0.2, 0.25) is 0 Å². The number of rotatable bonds is 7. The number of para-hydroxylation sites is 1. The molecule has 1 heterocycles. The van der Waals surface area contributed by atoms with E-state index in [-0.39, 0.29) is 0 Å². The van der Waals surface area contributed by atoms with Crippen LogP contribution in [0.25, 0.3) is 5.69 Å². The average Bonchev–Trinajstić information content (AvgIpc) is 2.81. The van der Waals surface area contributed by atoms with E-state index in [4.69, 9.17) is 0 Å². The van der Waals surface area contributed by atoms with Crippen molar-refractivity contribution in [3.8, 4) is 5.69 Å². The summed E-state index contributed by atoms with van der Waals surface area (Å²) in [5, 5.41) is 8.09. The van der Waals surface area contributed by atoms with Crippen LogP contribution in [0.4, 0.5) is 0 Å². The molecule has 0 amide bonds. The van der Waals surface area contributed by atoms with E-state index in [1.54, 1.807) is 0 Å². The highest BCUT2D eigenvalue weighted by atomic mass is 15.3. The van der Waals surface area contributed by atoms with Gasteiger partial charge in [-0.1, -0.05) is 32.0 Å². The van der Waals surface area contributed by atoms with Crippen molar-refractivity contribution >= 4 is 0 Å². The van der Waals surface area contributed by atoms with Crippen molar-refractivity contribution in [1.82, 2.24) is 15.1 Å². The highest BCUT2D eigenvalue weighted by Crippen LogP contribution is 2.13. The molecule has 3 heteroatoms. The molecule has 1 N–H and O–H groups in total. The van der Waals surface area contributed by atoms with Crippen LogP contribution >= 0.6 is 0 Å². The Morgan fingerprint density at radius 3 is 2.65 bits per heavy atom. The summed E-state index contributed by atoms with van der Waals surface area (Å²) < 4.78 is 1.98. The first-order valence-corrected chi connectivity index (χ1v) is 7.48. The molecule has 1 aromatic carbocycles.